The second kappa shape index (κ2) is 5.55. The van der Waals surface area contributed by atoms with Crippen LogP contribution in [0.3, 0.4) is 0 Å². The van der Waals surface area contributed by atoms with Gasteiger partial charge in [-0.15, -0.1) is 11.3 Å². The van der Waals surface area contributed by atoms with Crippen molar-refractivity contribution in [2.75, 3.05) is 14.2 Å². The van der Waals surface area contributed by atoms with E-state index in [9.17, 15) is 0 Å². The molecule has 1 N–H and O–H groups in total. The van der Waals surface area contributed by atoms with Gasteiger partial charge in [0.05, 0.1) is 13.2 Å². The van der Waals surface area contributed by atoms with Crippen LogP contribution in [-0.2, 0) is 0 Å². The van der Waals surface area contributed by atoms with Crippen LogP contribution in [0.1, 0.15) is 27.6 Å². The largest absolute Gasteiger partial charge is 0.496 e. The maximum absolute atomic E-state index is 5.60. The van der Waals surface area contributed by atoms with Crippen LogP contribution in [0.4, 0.5) is 0 Å². The van der Waals surface area contributed by atoms with Gasteiger partial charge in [0.2, 0.25) is 0 Å². The zero-order chi connectivity index (χ0) is 13.1. The molecule has 1 atom stereocenters. The molecule has 1 aromatic carbocycles. The summed E-state index contributed by atoms with van der Waals surface area (Å²) >= 11 is 1.76. The van der Waals surface area contributed by atoms with Gasteiger partial charge in [0, 0.05) is 10.4 Å². The van der Waals surface area contributed by atoms with Crippen molar-refractivity contribution in [3.8, 4) is 5.75 Å². The van der Waals surface area contributed by atoms with Crippen LogP contribution in [0.2, 0.25) is 0 Å². The molecule has 0 spiro atoms. The fourth-order valence-electron chi connectivity index (χ4n) is 2.22. The van der Waals surface area contributed by atoms with Crippen molar-refractivity contribution in [2.24, 2.45) is 0 Å². The summed E-state index contributed by atoms with van der Waals surface area (Å²) in [5.74, 6) is 0.989. The Labute approximate surface area is 113 Å². The lowest BCUT2D eigenvalue weighted by Gasteiger charge is -2.20. The molecule has 18 heavy (non-hydrogen) atoms. The lowest BCUT2D eigenvalue weighted by atomic mass is 9.98. The molecule has 3 heteroatoms. The summed E-state index contributed by atoms with van der Waals surface area (Å²) in [4.78, 5) is 1.30. The lowest BCUT2D eigenvalue weighted by molar-refractivity contribution is 0.402. The Kier molecular flexibility index (Phi) is 4.04. The van der Waals surface area contributed by atoms with Crippen LogP contribution in [0.5, 0.6) is 5.75 Å². The second-order valence-corrected chi connectivity index (χ2v) is 5.35. The van der Waals surface area contributed by atoms with Gasteiger partial charge in [-0.25, -0.2) is 0 Å². The molecule has 0 aliphatic heterocycles. The normalized spacial score (nSPS) is 12.4. The monoisotopic (exact) mass is 261 g/mol. The molecule has 2 rings (SSSR count). The van der Waals surface area contributed by atoms with Crippen LogP contribution >= 0.6 is 11.3 Å². The lowest BCUT2D eigenvalue weighted by Crippen LogP contribution is -2.17. The maximum atomic E-state index is 5.60. The van der Waals surface area contributed by atoms with Gasteiger partial charge in [0.25, 0.3) is 0 Å². The smallest absolute Gasteiger partial charge is 0.127 e. The Hall–Kier alpha value is -1.32. The van der Waals surface area contributed by atoms with Gasteiger partial charge in [-0.05, 0) is 43.5 Å². The Morgan fingerprint density at radius 2 is 2.00 bits per heavy atom. The summed E-state index contributed by atoms with van der Waals surface area (Å²) in [6.45, 7) is 4.22. The predicted octanol–water partition coefficient (Wildman–Crippen LogP) is 3.68. The van der Waals surface area contributed by atoms with Crippen molar-refractivity contribution in [2.45, 2.75) is 19.9 Å². The quantitative estimate of drug-likeness (QED) is 0.906. The molecule has 0 fully saturated rings. The highest BCUT2D eigenvalue weighted by molar-refractivity contribution is 7.10. The van der Waals surface area contributed by atoms with Gasteiger partial charge in [-0.2, -0.15) is 0 Å². The third-order valence-electron chi connectivity index (χ3n) is 3.34. The van der Waals surface area contributed by atoms with E-state index in [1.807, 2.05) is 7.05 Å². The third-order valence-corrected chi connectivity index (χ3v) is 4.28. The summed E-state index contributed by atoms with van der Waals surface area (Å²) in [5.41, 5.74) is 3.67. The van der Waals surface area contributed by atoms with Crippen LogP contribution in [0, 0.1) is 13.8 Å². The summed E-state index contributed by atoms with van der Waals surface area (Å²) in [6.07, 6.45) is 0. The standard InChI is InChI=1S/C15H19NOS/c1-10-7-8-12(15(17-4)11(10)2)14(16-3)13-6-5-9-18-13/h5-9,14,16H,1-4H3. The number of thiophene rings is 1. The van der Waals surface area contributed by atoms with E-state index >= 15 is 0 Å². The summed E-state index contributed by atoms with van der Waals surface area (Å²) in [7, 11) is 3.73. The molecule has 2 nitrogen and oxygen atoms in total. The number of hydrogen-bond donors (Lipinski definition) is 1. The molecule has 0 aliphatic rings. The number of benzene rings is 1. The molecule has 2 aromatic rings. The topological polar surface area (TPSA) is 21.3 Å². The van der Waals surface area contributed by atoms with Crippen molar-refractivity contribution in [3.63, 3.8) is 0 Å². The Bertz CT molecular complexity index is 520. The number of ether oxygens (including phenoxy) is 1. The summed E-state index contributed by atoms with van der Waals surface area (Å²) in [5, 5.41) is 5.48. The number of hydrogen-bond acceptors (Lipinski definition) is 3. The first-order chi connectivity index (χ1) is 8.69. The van der Waals surface area contributed by atoms with E-state index < -0.39 is 0 Å². The first kappa shape index (κ1) is 13.1. The zero-order valence-corrected chi connectivity index (χ0v) is 12.1. The minimum absolute atomic E-state index is 0.194. The fourth-order valence-corrected chi connectivity index (χ4v) is 3.07. The minimum Gasteiger partial charge on any atom is -0.496 e. The van der Waals surface area contributed by atoms with Crippen LogP contribution < -0.4 is 10.1 Å². The van der Waals surface area contributed by atoms with E-state index in [1.54, 1.807) is 18.4 Å². The molecule has 0 saturated carbocycles. The van der Waals surface area contributed by atoms with Gasteiger partial charge in [0.15, 0.2) is 0 Å². The van der Waals surface area contributed by atoms with Crippen molar-refractivity contribution in [1.29, 1.82) is 0 Å². The van der Waals surface area contributed by atoms with E-state index in [4.69, 9.17) is 4.74 Å². The molecule has 0 aliphatic carbocycles. The highest BCUT2D eigenvalue weighted by Gasteiger charge is 2.19. The number of nitrogens with one attached hydrogen (secondary N) is 1. The number of aryl methyl sites for hydroxylation is 1. The summed E-state index contributed by atoms with van der Waals surface area (Å²) in [6, 6.07) is 8.74. The molecule has 1 aromatic heterocycles. The third kappa shape index (κ3) is 2.28. The second-order valence-electron chi connectivity index (χ2n) is 4.37. The average Bonchev–Trinajstić information content (AvgIpc) is 2.89. The van der Waals surface area contributed by atoms with Gasteiger partial charge < -0.3 is 10.1 Å². The van der Waals surface area contributed by atoms with Gasteiger partial charge in [0.1, 0.15) is 5.75 Å². The highest BCUT2D eigenvalue weighted by Crippen LogP contribution is 2.35. The van der Waals surface area contributed by atoms with Gasteiger partial charge in [-0.1, -0.05) is 18.2 Å². The Morgan fingerprint density at radius 1 is 1.22 bits per heavy atom. The first-order valence-corrected chi connectivity index (χ1v) is 6.91. The number of methoxy groups -OCH3 is 1. The van der Waals surface area contributed by atoms with Crippen LogP contribution in [-0.4, -0.2) is 14.2 Å². The highest BCUT2D eigenvalue weighted by atomic mass is 32.1. The van der Waals surface area contributed by atoms with Crippen molar-refractivity contribution in [1.82, 2.24) is 5.32 Å². The molecule has 0 saturated heterocycles. The average molecular weight is 261 g/mol. The van der Waals surface area contributed by atoms with E-state index in [0.717, 1.165) is 5.75 Å². The van der Waals surface area contributed by atoms with E-state index in [2.05, 4.69) is 48.8 Å². The fraction of sp³-hybridized carbons (Fsp3) is 0.333. The maximum Gasteiger partial charge on any atom is 0.127 e. The molecular formula is C15H19NOS. The molecule has 0 bridgehead atoms. The number of rotatable bonds is 4. The predicted molar refractivity (Wildman–Crippen MR) is 77.7 cm³/mol. The molecule has 1 heterocycles. The minimum atomic E-state index is 0.194. The van der Waals surface area contributed by atoms with Gasteiger partial charge in [-0.3, -0.25) is 0 Å². The molecular weight excluding hydrogens is 242 g/mol. The molecule has 1 unspecified atom stereocenters. The molecule has 0 radical (unpaired) electrons. The van der Waals surface area contributed by atoms with Gasteiger partial charge >= 0.3 is 0 Å². The van der Waals surface area contributed by atoms with E-state index in [-0.39, 0.29) is 6.04 Å². The zero-order valence-electron chi connectivity index (χ0n) is 11.3. The van der Waals surface area contributed by atoms with Crippen LogP contribution in [0.15, 0.2) is 29.6 Å². The SMILES string of the molecule is CNC(c1cccs1)c1ccc(C)c(C)c1OC. The molecule has 0 amide bonds. The van der Waals surface area contributed by atoms with Crippen molar-refractivity contribution < 1.29 is 4.74 Å². The Morgan fingerprint density at radius 3 is 2.56 bits per heavy atom. The van der Waals surface area contributed by atoms with E-state index in [1.165, 1.54) is 21.6 Å². The molecule has 96 valence electrons. The first-order valence-electron chi connectivity index (χ1n) is 6.03. The van der Waals surface area contributed by atoms with E-state index in [0.29, 0.717) is 0 Å². The van der Waals surface area contributed by atoms with Crippen LogP contribution in [0.25, 0.3) is 0 Å². The Balaban J connectivity index is 2.52. The van der Waals surface area contributed by atoms with Crippen molar-refractivity contribution >= 4 is 11.3 Å². The van der Waals surface area contributed by atoms with Crippen molar-refractivity contribution in [3.05, 3.63) is 51.2 Å². The summed E-state index contributed by atoms with van der Waals surface area (Å²) < 4.78 is 5.60.